The number of pyridine rings is 1. The molecule has 1 aromatic rings. The first-order chi connectivity index (χ1) is 7.39. The predicted octanol–water partition coefficient (Wildman–Crippen LogP) is 2.17. The van der Waals surface area contributed by atoms with E-state index in [2.05, 4.69) is 9.72 Å². The van der Waals surface area contributed by atoms with Crippen LogP contribution >= 0.6 is 11.6 Å². The van der Waals surface area contributed by atoms with Gasteiger partial charge in [-0.3, -0.25) is 4.98 Å². The van der Waals surface area contributed by atoms with Crippen molar-refractivity contribution < 1.29 is 17.9 Å². The largest absolute Gasteiger partial charge is 0.573 e. The number of nitrogens with two attached hydrogens (primary N) is 1. The molecule has 0 saturated carbocycles. The smallest absolute Gasteiger partial charge is 0.402 e. The molecule has 86 valence electrons. The van der Waals surface area contributed by atoms with Crippen LogP contribution in [0.4, 0.5) is 18.9 Å². The van der Waals surface area contributed by atoms with Gasteiger partial charge in [0.1, 0.15) is 11.6 Å². The molecule has 1 aromatic heterocycles. The zero-order chi connectivity index (χ0) is 12.3. The van der Waals surface area contributed by atoms with Crippen LogP contribution in [0.5, 0.6) is 5.75 Å². The van der Waals surface area contributed by atoms with Gasteiger partial charge < -0.3 is 10.5 Å². The first kappa shape index (κ1) is 12.4. The SMILES string of the molecule is N#Cc1c(CCl)ncc(N)c1OC(F)(F)F. The molecule has 8 heteroatoms. The minimum absolute atomic E-state index is 0.0161. The molecule has 0 aromatic carbocycles. The Morgan fingerprint density at radius 1 is 1.56 bits per heavy atom. The molecule has 0 bridgehead atoms. The van der Waals surface area contributed by atoms with Gasteiger partial charge in [0.2, 0.25) is 0 Å². The van der Waals surface area contributed by atoms with Crippen LogP contribution in [-0.4, -0.2) is 11.3 Å². The molecule has 0 aliphatic heterocycles. The molecule has 0 radical (unpaired) electrons. The number of hydrogen-bond acceptors (Lipinski definition) is 4. The highest BCUT2D eigenvalue weighted by atomic mass is 35.5. The van der Waals surface area contributed by atoms with Gasteiger partial charge in [-0.05, 0) is 0 Å². The second kappa shape index (κ2) is 4.45. The molecule has 0 spiro atoms. The standard InChI is InChI=1S/C8H5ClF3N3O/c9-1-6-4(2-13)7(5(14)3-15-6)16-8(10,11)12/h3H,1,14H2. The summed E-state index contributed by atoms with van der Waals surface area (Å²) in [6.07, 6.45) is -3.97. The number of nitriles is 1. The molecular formula is C8H5ClF3N3O. The summed E-state index contributed by atoms with van der Waals surface area (Å²) in [7, 11) is 0. The van der Waals surface area contributed by atoms with Crippen LogP contribution in [0.15, 0.2) is 6.20 Å². The Bertz CT molecular complexity index is 441. The van der Waals surface area contributed by atoms with E-state index in [0.29, 0.717) is 0 Å². The highest BCUT2D eigenvalue weighted by molar-refractivity contribution is 6.17. The number of halogens is 4. The lowest BCUT2D eigenvalue weighted by Gasteiger charge is -2.13. The summed E-state index contributed by atoms with van der Waals surface area (Å²) in [6.45, 7) is 0. The maximum absolute atomic E-state index is 12.0. The van der Waals surface area contributed by atoms with E-state index in [1.807, 2.05) is 0 Å². The first-order valence-electron chi connectivity index (χ1n) is 3.88. The number of anilines is 1. The van der Waals surface area contributed by atoms with E-state index in [0.717, 1.165) is 6.20 Å². The number of aromatic nitrogens is 1. The molecule has 0 unspecified atom stereocenters. The zero-order valence-electron chi connectivity index (χ0n) is 7.68. The van der Waals surface area contributed by atoms with Crippen molar-refractivity contribution in [3.05, 3.63) is 17.5 Å². The van der Waals surface area contributed by atoms with Crippen molar-refractivity contribution in [3.8, 4) is 11.8 Å². The van der Waals surface area contributed by atoms with E-state index >= 15 is 0 Å². The average molecular weight is 252 g/mol. The third-order valence-electron chi connectivity index (χ3n) is 1.59. The molecule has 16 heavy (non-hydrogen) atoms. The average Bonchev–Trinajstić information content (AvgIpc) is 2.19. The van der Waals surface area contributed by atoms with Crippen molar-refractivity contribution in [2.45, 2.75) is 12.2 Å². The molecule has 0 aliphatic carbocycles. The van der Waals surface area contributed by atoms with Gasteiger partial charge in [0.05, 0.1) is 23.5 Å². The lowest BCUT2D eigenvalue weighted by Crippen LogP contribution is -2.19. The lowest BCUT2D eigenvalue weighted by molar-refractivity contribution is -0.274. The second-order valence-corrected chi connectivity index (χ2v) is 2.92. The summed E-state index contributed by atoms with van der Waals surface area (Å²) < 4.78 is 39.7. The van der Waals surface area contributed by atoms with Gasteiger partial charge in [0, 0.05) is 0 Å². The predicted molar refractivity (Wildman–Crippen MR) is 49.6 cm³/mol. The van der Waals surface area contributed by atoms with E-state index in [-0.39, 0.29) is 17.3 Å². The second-order valence-electron chi connectivity index (χ2n) is 2.66. The molecular weight excluding hydrogens is 247 g/mol. The fraction of sp³-hybridized carbons (Fsp3) is 0.250. The number of rotatable bonds is 2. The van der Waals surface area contributed by atoms with E-state index < -0.39 is 17.7 Å². The maximum atomic E-state index is 12.0. The number of ether oxygens (including phenoxy) is 1. The summed E-state index contributed by atoms with van der Waals surface area (Å²) >= 11 is 5.42. The number of hydrogen-bond donors (Lipinski definition) is 1. The maximum Gasteiger partial charge on any atom is 0.573 e. The van der Waals surface area contributed by atoms with Gasteiger partial charge >= 0.3 is 6.36 Å². The van der Waals surface area contributed by atoms with Crippen LogP contribution in [0.2, 0.25) is 0 Å². The molecule has 4 nitrogen and oxygen atoms in total. The number of nitrogens with zero attached hydrogens (tertiary/aromatic N) is 2. The van der Waals surface area contributed by atoms with E-state index in [9.17, 15) is 13.2 Å². The minimum atomic E-state index is -4.93. The quantitative estimate of drug-likeness (QED) is 0.818. The van der Waals surface area contributed by atoms with E-state index in [1.165, 1.54) is 6.07 Å². The Balaban J connectivity index is 3.31. The van der Waals surface area contributed by atoms with Crippen molar-refractivity contribution in [2.75, 3.05) is 5.73 Å². The Morgan fingerprint density at radius 2 is 2.19 bits per heavy atom. The lowest BCUT2D eigenvalue weighted by atomic mass is 10.2. The van der Waals surface area contributed by atoms with Crippen molar-refractivity contribution >= 4 is 17.3 Å². The van der Waals surface area contributed by atoms with Crippen molar-refractivity contribution in [3.63, 3.8) is 0 Å². The Hall–Kier alpha value is -1.68. The van der Waals surface area contributed by atoms with Gasteiger partial charge in [-0.15, -0.1) is 24.8 Å². The summed E-state index contributed by atoms with van der Waals surface area (Å²) in [6, 6.07) is 1.53. The van der Waals surface area contributed by atoms with Gasteiger partial charge in [-0.1, -0.05) is 0 Å². The molecule has 0 aliphatic rings. The van der Waals surface area contributed by atoms with Crippen LogP contribution in [0.3, 0.4) is 0 Å². The van der Waals surface area contributed by atoms with Crippen LogP contribution in [0.25, 0.3) is 0 Å². The van der Waals surface area contributed by atoms with E-state index in [4.69, 9.17) is 22.6 Å². The molecule has 0 atom stereocenters. The Labute approximate surface area is 93.4 Å². The molecule has 1 rings (SSSR count). The van der Waals surface area contributed by atoms with Crippen molar-refractivity contribution in [2.24, 2.45) is 0 Å². The molecule has 0 saturated heterocycles. The molecule has 2 N–H and O–H groups in total. The first-order valence-corrected chi connectivity index (χ1v) is 4.41. The van der Waals surface area contributed by atoms with Crippen LogP contribution in [0, 0.1) is 11.3 Å². The molecule has 1 heterocycles. The van der Waals surface area contributed by atoms with Crippen molar-refractivity contribution in [1.82, 2.24) is 4.98 Å². The topological polar surface area (TPSA) is 71.9 Å². The summed E-state index contributed by atoms with van der Waals surface area (Å²) in [5.74, 6) is -0.974. The Kier molecular flexibility index (Phi) is 3.44. The summed E-state index contributed by atoms with van der Waals surface area (Å²) in [4.78, 5) is 3.63. The highest BCUT2D eigenvalue weighted by Crippen LogP contribution is 2.32. The third-order valence-corrected chi connectivity index (χ3v) is 1.85. The monoisotopic (exact) mass is 251 g/mol. The summed E-state index contributed by atoms with van der Waals surface area (Å²) in [5.41, 5.74) is 4.45. The zero-order valence-corrected chi connectivity index (χ0v) is 8.43. The fourth-order valence-electron chi connectivity index (χ4n) is 0.988. The number of nitrogen functional groups attached to an aromatic ring is 1. The normalized spacial score (nSPS) is 10.9. The van der Waals surface area contributed by atoms with E-state index in [1.54, 1.807) is 0 Å². The van der Waals surface area contributed by atoms with Gasteiger partial charge in [-0.25, -0.2) is 0 Å². The number of alkyl halides is 4. The van der Waals surface area contributed by atoms with Gasteiger partial charge in [-0.2, -0.15) is 5.26 Å². The Morgan fingerprint density at radius 3 is 2.62 bits per heavy atom. The minimum Gasteiger partial charge on any atom is -0.402 e. The van der Waals surface area contributed by atoms with Crippen LogP contribution in [-0.2, 0) is 5.88 Å². The van der Waals surface area contributed by atoms with Crippen LogP contribution in [0.1, 0.15) is 11.3 Å². The highest BCUT2D eigenvalue weighted by Gasteiger charge is 2.34. The molecule has 0 fully saturated rings. The van der Waals surface area contributed by atoms with Gasteiger partial charge in [0.15, 0.2) is 5.75 Å². The molecule has 0 amide bonds. The third kappa shape index (κ3) is 2.67. The van der Waals surface area contributed by atoms with Crippen molar-refractivity contribution in [1.29, 1.82) is 5.26 Å². The van der Waals surface area contributed by atoms with Gasteiger partial charge in [0.25, 0.3) is 0 Å². The van der Waals surface area contributed by atoms with Crippen LogP contribution < -0.4 is 10.5 Å². The fourth-order valence-corrected chi connectivity index (χ4v) is 1.19. The summed E-state index contributed by atoms with van der Waals surface area (Å²) in [5, 5.41) is 8.70.